The minimum atomic E-state index is -0.183. The second kappa shape index (κ2) is 5.32. The number of hydrogen-bond acceptors (Lipinski definition) is 2. The van der Waals surface area contributed by atoms with E-state index in [9.17, 15) is 5.11 Å². The van der Waals surface area contributed by atoms with E-state index in [1.165, 1.54) is 16.3 Å². The summed E-state index contributed by atoms with van der Waals surface area (Å²) in [7, 11) is 0. The number of hydrogen-bond donors (Lipinski definition) is 1. The first-order chi connectivity index (χ1) is 9.24. The number of nitrogens with zero attached hydrogens (tertiary/aromatic N) is 1. The average Bonchev–Trinajstić information content (AvgIpc) is 2.88. The first-order valence-corrected chi connectivity index (χ1v) is 7.11. The summed E-state index contributed by atoms with van der Waals surface area (Å²) in [6.07, 6.45) is 0.931. The molecule has 1 saturated heterocycles. The molecule has 0 aromatic heterocycles. The fourth-order valence-corrected chi connectivity index (χ4v) is 3.07. The van der Waals surface area contributed by atoms with Crippen LogP contribution < -0.4 is 0 Å². The van der Waals surface area contributed by atoms with E-state index in [0.717, 1.165) is 26.1 Å². The predicted octanol–water partition coefficient (Wildman–Crippen LogP) is 3.04. The minimum absolute atomic E-state index is 0.183. The minimum Gasteiger partial charge on any atom is -0.393 e. The molecule has 19 heavy (non-hydrogen) atoms. The number of aliphatic hydroxyl groups is 1. The Labute approximate surface area is 114 Å². The zero-order valence-electron chi connectivity index (χ0n) is 11.4. The summed E-state index contributed by atoms with van der Waals surface area (Å²) in [6.45, 7) is 5.01. The van der Waals surface area contributed by atoms with Gasteiger partial charge in [0.25, 0.3) is 0 Å². The quantitative estimate of drug-likeness (QED) is 0.911. The van der Waals surface area contributed by atoms with Crippen molar-refractivity contribution in [2.45, 2.75) is 26.0 Å². The van der Waals surface area contributed by atoms with Gasteiger partial charge in [0.15, 0.2) is 0 Å². The lowest BCUT2D eigenvalue weighted by Crippen LogP contribution is -2.24. The third-order valence-electron chi connectivity index (χ3n) is 4.26. The number of rotatable bonds is 3. The highest BCUT2D eigenvalue weighted by atomic mass is 16.3. The van der Waals surface area contributed by atoms with Crippen LogP contribution in [0.4, 0.5) is 0 Å². The number of benzene rings is 2. The Morgan fingerprint density at radius 2 is 2.00 bits per heavy atom. The smallest absolute Gasteiger partial charge is 0.0552 e. The summed E-state index contributed by atoms with van der Waals surface area (Å²) in [5, 5.41) is 12.3. The fraction of sp³-hybridized carbons (Fsp3) is 0.412. The van der Waals surface area contributed by atoms with Crippen molar-refractivity contribution in [3.05, 3.63) is 48.0 Å². The molecule has 1 heterocycles. The first kappa shape index (κ1) is 12.6. The molecule has 3 rings (SSSR count). The summed E-state index contributed by atoms with van der Waals surface area (Å²) < 4.78 is 0. The Bertz CT molecular complexity index is 559. The lowest BCUT2D eigenvalue weighted by molar-refractivity contribution is 0.127. The number of likely N-dealkylation sites (tertiary alicyclic amines) is 1. The summed E-state index contributed by atoms with van der Waals surface area (Å²) >= 11 is 0. The Morgan fingerprint density at radius 3 is 2.79 bits per heavy atom. The summed E-state index contributed by atoms with van der Waals surface area (Å²) in [6, 6.07) is 15.1. The largest absolute Gasteiger partial charge is 0.393 e. The number of aliphatic hydroxyl groups excluding tert-OH is 1. The maximum atomic E-state index is 9.68. The molecule has 0 aliphatic carbocycles. The van der Waals surface area contributed by atoms with Crippen molar-refractivity contribution < 1.29 is 5.11 Å². The van der Waals surface area contributed by atoms with Gasteiger partial charge in [-0.3, -0.25) is 4.90 Å². The van der Waals surface area contributed by atoms with Gasteiger partial charge in [-0.25, -0.2) is 0 Å². The van der Waals surface area contributed by atoms with Gasteiger partial charge in [-0.05, 0) is 42.1 Å². The van der Waals surface area contributed by atoms with Crippen LogP contribution in [0.1, 0.15) is 18.9 Å². The van der Waals surface area contributed by atoms with Crippen LogP contribution in [-0.2, 0) is 6.54 Å². The average molecular weight is 255 g/mol. The highest BCUT2D eigenvalue weighted by Gasteiger charge is 2.25. The molecule has 0 saturated carbocycles. The van der Waals surface area contributed by atoms with Crippen LogP contribution in [-0.4, -0.2) is 29.2 Å². The van der Waals surface area contributed by atoms with Crippen LogP contribution in [0.5, 0.6) is 0 Å². The molecule has 2 atom stereocenters. The highest BCUT2D eigenvalue weighted by molar-refractivity contribution is 5.85. The third-order valence-corrected chi connectivity index (χ3v) is 4.26. The van der Waals surface area contributed by atoms with Gasteiger partial charge in [-0.15, -0.1) is 0 Å². The lowest BCUT2D eigenvalue weighted by atomic mass is 10.0. The Hall–Kier alpha value is -1.38. The van der Waals surface area contributed by atoms with Crippen LogP contribution in [0.3, 0.4) is 0 Å². The van der Waals surface area contributed by atoms with E-state index < -0.39 is 0 Å². The zero-order valence-corrected chi connectivity index (χ0v) is 11.4. The highest BCUT2D eigenvalue weighted by Crippen LogP contribution is 2.24. The molecule has 0 bridgehead atoms. The second-order valence-electron chi connectivity index (χ2n) is 5.66. The standard InChI is InChI=1S/C17H21NO/c1-13(19)15-9-10-18(11-15)12-16-7-4-6-14-5-2-3-8-17(14)16/h2-8,13,15,19H,9-12H2,1H3. The van der Waals surface area contributed by atoms with Crippen LogP contribution in [0.25, 0.3) is 10.8 Å². The summed E-state index contributed by atoms with van der Waals surface area (Å²) in [5.41, 5.74) is 1.39. The van der Waals surface area contributed by atoms with Crippen LogP contribution >= 0.6 is 0 Å². The zero-order chi connectivity index (χ0) is 13.2. The van der Waals surface area contributed by atoms with E-state index in [0.29, 0.717) is 5.92 Å². The van der Waals surface area contributed by atoms with Crippen molar-refractivity contribution in [3.8, 4) is 0 Å². The maximum absolute atomic E-state index is 9.68. The van der Waals surface area contributed by atoms with Gasteiger partial charge >= 0.3 is 0 Å². The Balaban J connectivity index is 1.79. The van der Waals surface area contributed by atoms with Gasteiger partial charge in [-0.1, -0.05) is 42.5 Å². The molecule has 0 amide bonds. The molecule has 2 unspecified atom stereocenters. The van der Waals surface area contributed by atoms with Crippen molar-refractivity contribution in [1.29, 1.82) is 0 Å². The van der Waals surface area contributed by atoms with Crippen molar-refractivity contribution >= 4 is 10.8 Å². The monoisotopic (exact) mass is 255 g/mol. The van der Waals surface area contributed by atoms with E-state index in [1.807, 2.05) is 6.92 Å². The fourth-order valence-electron chi connectivity index (χ4n) is 3.07. The Morgan fingerprint density at radius 1 is 1.21 bits per heavy atom. The van der Waals surface area contributed by atoms with Crippen LogP contribution in [0, 0.1) is 5.92 Å². The van der Waals surface area contributed by atoms with Crippen molar-refractivity contribution in [2.24, 2.45) is 5.92 Å². The molecule has 0 radical (unpaired) electrons. The molecule has 2 heteroatoms. The molecular weight excluding hydrogens is 234 g/mol. The van der Waals surface area contributed by atoms with Crippen molar-refractivity contribution in [1.82, 2.24) is 4.90 Å². The predicted molar refractivity (Wildman–Crippen MR) is 79.0 cm³/mol. The lowest BCUT2D eigenvalue weighted by Gasteiger charge is -2.18. The molecule has 1 N–H and O–H groups in total. The van der Waals surface area contributed by atoms with E-state index in [-0.39, 0.29) is 6.10 Å². The van der Waals surface area contributed by atoms with Gasteiger partial charge in [-0.2, -0.15) is 0 Å². The molecule has 2 aromatic carbocycles. The third kappa shape index (κ3) is 2.65. The van der Waals surface area contributed by atoms with E-state index in [4.69, 9.17) is 0 Å². The van der Waals surface area contributed by atoms with Gasteiger partial charge < -0.3 is 5.11 Å². The van der Waals surface area contributed by atoms with Crippen LogP contribution in [0.2, 0.25) is 0 Å². The SMILES string of the molecule is CC(O)C1CCN(Cc2cccc3ccccc23)C1. The number of fused-ring (bicyclic) bond motifs is 1. The molecule has 1 aliphatic heterocycles. The summed E-state index contributed by atoms with van der Waals surface area (Å²) in [5.74, 6) is 0.440. The first-order valence-electron chi connectivity index (χ1n) is 7.11. The van der Waals surface area contributed by atoms with Gasteiger partial charge in [0, 0.05) is 13.1 Å². The normalized spacial score (nSPS) is 21.9. The van der Waals surface area contributed by atoms with Gasteiger partial charge in [0.2, 0.25) is 0 Å². The van der Waals surface area contributed by atoms with E-state index >= 15 is 0 Å². The molecule has 0 spiro atoms. The maximum Gasteiger partial charge on any atom is 0.0552 e. The van der Waals surface area contributed by atoms with E-state index in [1.54, 1.807) is 0 Å². The van der Waals surface area contributed by atoms with Crippen molar-refractivity contribution in [2.75, 3.05) is 13.1 Å². The molecule has 100 valence electrons. The van der Waals surface area contributed by atoms with Crippen LogP contribution in [0.15, 0.2) is 42.5 Å². The summed E-state index contributed by atoms with van der Waals surface area (Å²) in [4.78, 5) is 2.46. The van der Waals surface area contributed by atoms with Gasteiger partial charge in [0.05, 0.1) is 6.10 Å². The molecular formula is C17H21NO. The molecule has 1 aliphatic rings. The van der Waals surface area contributed by atoms with Crippen molar-refractivity contribution in [3.63, 3.8) is 0 Å². The Kier molecular flexibility index (Phi) is 3.54. The second-order valence-corrected chi connectivity index (χ2v) is 5.66. The molecule has 2 nitrogen and oxygen atoms in total. The molecule has 1 fully saturated rings. The van der Waals surface area contributed by atoms with Gasteiger partial charge in [0.1, 0.15) is 0 Å². The van der Waals surface area contributed by atoms with E-state index in [2.05, 4.69) is 47.4 Å². The topological polar surface area (TPSA) is 23.5 Å². The molecule has 2 aromatic rings.